The van der Waals surface area contributed by atoms with Crippen molar-refractivity contribution in [3.63, 3.8) is 0 Å². The molecule has 1 aromatic heterocycles. The summed E-state index contributed by atoms with van der Waals surface area (Å²) in [6.45, 7) is 0.389. The van der Waals surface area contributed by atoms with Gasteiger partial charge in [-0.15, -0.1) is 0 Å². The molecular weight excluding hydrogens is 423 g/mol. The quantitative estimate of drug-likeness (QED) is 0.723. The fraction of sp³-hybridized carbons (Fsp3) is 0.316. The predicted octanol–water partition coefficient (Wildman–Crippen LogP) is 3.67. The number of amides is 1. The Balaban J connectivity index is 1.93. The Morgan fingerprint density at radius 3 is 2.72 bits per heavy atom. The van der Waals surface area contributed by atoms with Gasteiger partial charge >= 0.3 is 12.1 Å². The number of carboxylic acid groups (broad SMARTS) is 1. The van der Waals surface area contributed by atoms with Crippen molar-refractivity contribution in [2.24, 2.45) is 0 Å². The van der Waals surface area contributed by atoms with Crippen molar-refractivity contribution in [1.82, 2.24) is 9.88 Å². The molecule has 8 nitrogen and oxygen atoms in total. The molecule has 1 amide bonds. The van der Waals surface area contributed by atoms with E-state index >= 15 is 0 Å². The summed E-state index contributed by atoms with van der Waals surface area (Å²) in [5, 5.41) is 10.2. The second-order valence-corrected chi connectivity index (χ2v) is 7.02. The number of hydrogen-bond donors (Lipinski definition) is 1. The first-order valence-corrected chi connectivity index (χ1v) is 9.41. The van der Waals surface area contributed by atoms with Gasteiger partial charge < -0.3 is 24.2 Å². The highest BCUT2D eigenvalue weighted by molar-refractivity contribution is 6.42. The van der Waals surface area contributed by atoms with Crippen molar-refractivity contribution in [2.45, 2.75) is 12.2 Å². The van der Waals surface area contributed by atoms with E-state index in [2.05, 4.69) is 9.72 Å². The minimum Gasteiger partial charge on any atom is -0.469 e. The van der Waals surface area contributed by atoms with Gasteiger partial charge in [0.1, 0.15) is 12.2 Å². The van der Waals surface area contributed by atoms with E-state index in [0.29, 0.717) is 15.6 Å². The van der Waals surface area contributed by atoms with Crippen molar-refractivity contribution in [3.05, 3.63) is 57.7 Å². The third kappa shape index (κ3) is 5.09. The van der Waals surface area contributed by atoms with Crippen LogP contribution in [0.5, 0.6) is 5.88 Å². The maximum absolute atomic E-state index is 11.7. The Labute approximate surface area is 176 Å². The second kappa shape index (κ2) is 9.30. The van der Waals surface area contributed by atoms with Crippen LogP contribution in [0.4, 0.5) is 4.79 Å². The number of benzene rings is 1. The van der Waals surface area contributed by atoms with E-state index in [9.17, 15) is 14.7 Å². The lowest BCUT2D eigenvalue weighted by Gasteiger charge is -2.27. The van der Waals surface area contributed by atoms with E-state index in [1.54, 1.807) is 30.3 Å². The third-order valence-electron chi connectivity index (χ3n) is 4.33. The maximum Gasteiger partial charge on any atom is 0.407 e. The number of aromatic nitrogens is 1. The van der Waals surface area contributed by atoms with Gasteiger partial charge in [0, 0.05) is 12.6 Å². The maximum atomic E-state index is 11.7. The molecule has 2 heterocycles. The van der Waals surface area contributed by atoms with Crippen molar-refractivity contribution in [2.75, 3.05) is 26.8 Å². The molecule has 3 rings (SSSR count). The summed E-state index contributed by atoms with van der Waals surface area (Å²) in [6, 6.07) is 9.67. The van der Waals surface area contributed by atoms with Crippen molar-refractivity contribution >= 4 is 35.3 Å². The van der Waals surface area contributed by atoms with Crippen LogP contribution in [0.15, 0.2) is 36.4 Å². The van der Waals surface area contributed by atoms with Gasteiger partial charge in [-0.25, -0.2) is 14.6 Å². The molecule has 1 aliphatic heterocycles. The number of rotatable bonds is 4. The molecule has 1 fully saturated rings. The van der Waals surface area contributed by atoms with E-state index in [4.69, 9.17) is 32.7 Å². The van der Waals surface area contributed by atoms with Crippen LogP contribution < -0.4 is 4.74 Å². The number of esters is 1. The van der Waals surface area contributed by atoms with Crippen LogP contribution in [0, 0.1) is 0 Å². The first-order chi connectivity index (χ1) is 13.9. The molecule has 1 aromatic carbocycles. The smallest absolute Gasteiger partial charge is 0.407 e. The van der Waals surface area contributed by atoms with Crippen LogP contribution in [0.25, 0.3) is 0 Å². The lowest BCUT2D eigenvalue weighted by molar-refractivity contribution is -0.0110. The Morgan fingerprint density at radius 2 is 2.03 bits per heavy atom. The van der Waals surface area contributed by atoms with E-state index in [1.807, 2.05) is 0 Å². The van der Waals surface area contributed by atoms with E-state index < -0.39 is 24.3 Å². The number of methoxy groups -OCH3 is 1. The number of hydrogen-bond acceptors (Lipinski definition) is 6. The van der Waals surface area contributed by atoms with Crippen LogP contribution >= 0.6 is 23.2 Å². The van der Waals surface area contributed by atoms with E-state index in [1.165, 1.54) is 18.1 Å². The number of carbonyl (C=O) groups excluding carboxylic acids is 1. The molecule has 10 heteroatoms. The topological polar surface area (TPSA) is 98.2 Å². The monoisotopic (exact) mass is 440 g/mol. The minimum atomic E-state index is -1.09. The molecule has 1 N–H and O–H groups in total. The average molecular weight is 441 g/mol. The SMILES string of the molecule is COC(=O)c1cccc(OC2CN(C(=O)O)CCOC2c2ccc(Cl)c(Cl)c2)n1. The van der Waals surface area contributed by atoms with Crippen LogP contribution in [0.2, 0.25) is 10.0 Å². The van der Waals surface area contributed by atoms with Crippen molar-refractivity contribution in [1.29, 1.82) is 0 Å². The molecule has 0 saturated carbocycles. The van der Waals surface area contributed by atoms with Crippen molar-refractivity contribution < 1.29 is 28.9 Å². The average Bonchev–Trinajstić information content (AvgIpc) is 2.92. The third-order valence-corrected chi connectivity index (χ3v) is 5.07. The largest absolute Gasteiger partial charge is 0.469 e. The molecule has 1 aliphatic rings. The summed E-state index contributed by atoms with van der Waals surface area (Å²) in [5.74, 6) is -0.473. The molecule has 0 spiro atoms. The lowest BCUT2D eigenvalue weighted by Crippen LogP contribution is -2.40. The number of nitrogens with zero attached hydrogens (tertiary/aromatic N) is 2. The molecule has 0 bridgehead atoms. The summed E-state index contributed by atoms with van der Waals surface area (Å²) in [7, 11) is 1.25. The number of carbonyl (C=O) groups is 2. The van der Waals surface area contributed by atoms with Gasteiger partial charge in [-0.1, -0.05) is 35.3 Å². The zero-order chi connectivity index (χ0) is 21.0. The Bertz CT molecular complexity index is 910. The van der Waals surface area contributed by atoms with Gasteiger partial charge in [0.2, 0.25) is 5.88 Å². The standard InChI is InChI=1S/C19H18Cl2N2O6/c1-27-18(24)14-3-2-4-16(22-14)29-15-10-23(19(25)26)7-8-28-17(15)11-5-6-12(20)13(21)9-11/h2-6,9,15,17H,7-8,10H2,1H3,(H,25,26). The molecule has 2 unspecified atom stereocenters. The van der Waals surface area contributed by atoms with Gasteiger partial charge in [-0.2, -0.15) is 0 Å². The number of halogens is 2. The fourth-order valence-corrected chi connectivity index (χ4v) is 3.23. The first kappa shape index (κ1) is 21.2. The molecular formula is C19H18Cl2N2O6. The fourth-order valence-electron chi connectivity index (χ4n) is 2.93. The number of pyridine rings is 1. The number of ether oxygens (including phenoxy) is 3. The summed E-state index contributed by atoms with van der Waals surface area (Å²) < 4.78 is 16.5. The molecule has 0 radical (unpaired) electrons. The summed E-state index contributed by atoms with van der Waals surface area (Å²) in [5.41, 5.74) is 0.751. The normalized spacial score (nSPS) is 19.3. The van der Waals surface area contributed by atoms with Crippen molar-refractivity contribution in [3.8, 4) is 5.88 Å². The molecule has 1 saturated heterocycles. The van der Waals surface area contributed by atoms with Gasteiger partial charge in [-0.05, 0) is 23.8 Å². The summed E-state index contributed by atoms with van der Waals surface area (Å²) in [6.07, 6.45) is -2.46. The highest BCUT2D eigenvalue weighted by atomic mass is 35.5. The molecule has 2 aromatic rings. The van der Waals surface area contributed by atoms with E-state index in [-0.39, 0.29) is 31.3 Å². The Morgan fingerprint density at radius 1 is 1.24 bits per heavy atom. The molecule has 154 valence electrons. The molecule has 2 atom stereocenters. The summed E-state index contributed by atoms with van der Waals surface area (Å²) in [4.78, 5) is 28.6. The van der Waals surface area contributed by atoms with Gasteiger partial charge in [0.25, 0.3) is 0 Å². The van der Waals surface area contributed by atoms with Crippen LogP contribution in [0.3, 0.4) is 0 Å². The zero-order valence-electron chi connectivity index (χ0n) is 15.4. The summed E-state index contributed by atoms with van der Waals surface area (Å²) >= 11 is 12.1. The van der Waals surface area contributed by atoms with Crippen LogP contribution in [-0.2, 0) is 9.47 Å². The highest BCUT2D eigenvalue weighted by Gasteiger charge is 2.33. The van der Waals surface area contributed by atoms with Crippen LogP contribution in [-0.4, -0.2) is 60.0 Å². The second-order valence-electron chi connectivity index (χ2n) is 6.20. The van der Waals surface area contributed by atoms with Gasteiger partial charge in [0.05, 0.1) is 30.3 Å². The Hall–Kier alpha value is -2.55. The Kier molecular flexibility index (Phi) is 6.79. The van der Waals surface area contributed by atoms with E-state index in [0.717, 1.165) is 0 Å². The minimum absolute atomic E-state index is 0.0321. The van der Waals surface area contributed by atoms with Gasteiger partial charge in [0.15, 0.2) is 5.69 Å². The molecule has 29 heavy (non-hydrogen) atoms. The lowest BCUT2D eigenvalue weighted by atomic mass is 10.0. The zero-order valence-corrected chi connectivity index (χ0v) is 16.9. The molecule has 0 aliphatic carbocycles. The van der Waals surface area contributed by atoms with Crippen LogP contribution in [0.1, 0.15) is 22.2 Å². The predicted molar refractivity (Wildman–Crippen MR) is 105 cm³/mol. The van der Waals surface area contributed by atoms with Gasteiger partial charge in [-0.3, -0.25) is 0 Å². The first-order valence-electron chi connectivity index (χ1n) is 8.65. The highest BCUT2D eigenvalue weighted by Crippen LogP contribution is 2.32.